The number of anilines is 2. The monoisotopic (exact) mass is 246 g/mol. The molecule has 0 atom stereocenters. The van der Waals surface area contributed by atoms with Gasteiger partial charge < -0.3 is 11.1 Å². The van der Waals surface area contributed by atoms with E-state index < -0.39 is 5.82 Å². The van der Waals surface area contributed by atoms with Crippen LogP contribution in [0.1, 0.15) is 18.2 Å². The first-order valence-corrected chi connectivity index (χ1v) is 5.80. The number of hydrogen-bond acceptors (Lipinski definition) is 4. The third kappa shape index (κ3) is 2.62. The summed E-state index contributed by atoms with van der Waals surface area (Å²) in [7, 11) is 0. The molecule has 0 aliphatic heterocycles. The summed E-state index contributed by atoms with van der Waals surface area (Å²) in [4.78, 5) is 7.80. The van der Waals surface area contributed by atoms with Crippen molar-refractivity contribution in [2.24, 2.45) is 5.73 Å². The summed E-state index contributed by atoms with van der Waals surface area (Å²) in [5, 5.41) is 2.94. The van der Waals surface area contributed by atoms with Gasteiger partial charge >= 0.3 is 0 Å². The Morgan fingerprint density at radius 2 is 2.17 bits per heavy atom. The average molecular weight is 246 g/mol. The van der Waals surface area contributed by atoms with E-state index in [4.69, 9.17) is 5.73 Å². The first kappa shape index (κ1) is 12.4. The molecule has 0 saturated heterocycles. The zero-order chi connectivity index (χ0) is 13.0. The number of aryl methyl sites for hydroxylation is 1. The van der Waals surface area contributed by atoms with Crippen LogP contribution in [0, 0.1) is 5.82 Å². The molecule has 0 aliphatic carbocycles. The molecule has 0 bridgehead atoms. The van der Waals surface area contributed by atoms with Crippen molar-refractivity contribution < 1.29 is 4.39 Å². The maximum Gasteiger partial charge on any atom is 0.187 e. The van der Waals surface area contributed by atoms with E-state index in [1.54, 1.807) is 0 Å². The van der Waals surface area contributed by atoms with E-state index in [1.807, 2.05) is 31.2 Å². The molecule has 94 valence electrons. The van der Waals surface area contributed by atoms with Gasteiger partial charge in [0.25, 0.3) is 0 Å². The van der Waals surface area contributed by atoms with Crippen LogP contribution in [0.15, 0.2) is 30.6 Å². The number of halogens is 1. The predicted molar refractivity (Wildman–Crippen MR) is 69.0 cm³/mol. The van der Waals surface area contributed by atoms with Gasteiger partial charge in [-0.15, -0.1) is 0 Å². The van der Waals surface area contributed by atoms with Crippen molar-refractivity contribution >= 4 is 11.5 Å². The van der Waals surface area contributed by atoms with E-state index in [-0.39, 0.29) is 5.82 Å². The molecule has 0 unspecified atom stereocenters. The Labute approximate surface area is 105 Å². The molecule has 3 N–H and O–H groups in total. The number of benzene rings is 1. The van der Waals surface area contributed by atoms with Gasteiger partial charge in [0.2, 0.25) is 0 Å². The van der Waals surface area contributed by atoms with Crippen LogP contribution >= 0.6 is 0 Å². The molecule has 2 rings (SSSR count). The van der Waals surface area contributed by atoms with E-state index in [1.165, 1.54) is 6.33 Å². The Morgan fingerprint density at radius 1 is 1.33 bits per heavy atom. The van der Waals surface area contributed by atoms with Gasteiger partial charge in [0.05, 0.1) is 5.69 Å². The lowest BCUT2D eigenvalue weighted by Crippen LogP contribution is -2.03. The standard InChI is InChI=1S/C13H15FN4/c1-2-11-12(14)13(17-8-16-11)18-10-5-3-4-9(6-10)7-15/h3-6,8H,2,7,15H2,1H3,(H,16,17,18). The third-order valence-corrected chi connectivity index (χ3v) is 2.62. The van der Waals surface area contributed by atoms with E-state index >= 15 is 0 Å². The largest absolute Gasteiger partial charge is 0.338 e. The van der Waals surface area contributed by atoms with Gasteiger partial charge in [0.1, 0.15) is 6.33 Å². The first-order chi connectivity index (χ1) is 8.74. The van der Waals surface area contributed by atoms with Crippen LogP contribution in [0.4, 0.5) is 15.9 Å². The van der Waals surface area contributed by atoms with Crippen LogP contribution in [0.2, 0.25) is 0 Å². The molecule has 5 heteroatoms. The lowest BCUT2D eigenvalue weighted by atomic mass is 10.2. The van der Waals surface area contributed by atoms with Crippen molar-refractivity contribution in [2.45, 2.75) is 19.9 Å². The smallest absolute Gasteiger partial charge is 0.187 e. The second kappa shape index (κ2) is 5.55. The fraction of sp³-hybridized carbons (Fsp3) is 0.231. The van der Waals surface area contributed by atoms with Crippen LogP contribution in [-0.4, -0.2) is 9.97 Å². The minimum atomic E-state index is -0.404. The van der Waals surface area contributed by atoms with Crippen molar-refractivity contribution in [3.05, 3.63) is 47.7 Å². The van der Waals surface area contributed by atoms with Crippen molar-refractivity contribution in [3.63, 3.8) is 0 Å². The van der Waals surface area contributed by atoms with Gasteiger partial charge in [-0.25, -0.2) is 14.4 Å². The normalized spacial score (nSPS) is 10.4. The van der Waals surface area contributed by atoms with Crippen LogP contribution in [-0.2, 0) is 13.0 Å². The lowest BCUT2D eigenvalue weighted by molar-refractivity contribution is 0.599. The van der Waals surface area contributed by atoms with Crippen LogP contribution in [0.3, 0.4) is 0 Å². The van der Waals surface area contributed by atoms with Gasteiger partial charge in [-0.05, 0) is 24.1 Å². The highest BCUT2D eigenvalue weighted by atomic mass is 19.1. The van der Waals surface area contributed by atoms with Gasteiger partial charge in [0, 0.05) is 12.2 Å². The molecule has 4 nitrogen and oxygen atoms in total. The molecule has 1 aromatic carbocycles. The topological polar surface area (TPSA) is 63.8 Å². The summed E-state index contributed by atoms with van der Waals surface area (Å²) in [5.41, 5.74) is 7.70. The van der Waals surface area contributed by atoms with Gasteiger partial charge in [-0.3, -0.25) is 0 Å². The van der Waals surface area contributed by atoms with Crippen LogP contribution < -0.4 is 11.1 Å². The molecule has 0 amide bonds. The zero-order valence-electron chi connectivity index (χ0n) is 10.2. The van der Waals surface area contributed by atoms with Crippen molar-refractivity contribution in [2.75, 3.05) is 5.32 Å². The molecule has 2 aromatic rings. The summed E-state index contributed by atoms with van der Waals surface area (Å²) >= 11 is 0. The third-order valence-electron chi connectivity index (χ3n) is 2.62. The zero-order valence-corrected chi connectivity index (χ0v) is 10.2. The summed E-state index contributed by atoms with van der Waals surface area (Å²) in [5.74, 6) is -0.214. The van der Waals surface area contributed by atoms with E-state index in [0.29, 0.717) is 18.7 Å². The predicted octanol–water partition coefficient (Wildman–Crippen LogP) is 2.38. The molecule has 0 saturated carbocycles. The van der Waals surface area contributed by atoms with Gasteiger partial charge in [-0.2, -0.15) is 0 Å². The molecule has 18 heavy (non-hydrogen) atoms. The summed E-state index contributed by atoms with van der Waals surface area (Å²) in [6.07, 6.45) is 1.89. The Hall–Kier alpha value is -2.01. The SMILES string of the molecule is CCc1ncnc(Nc2cccc(CN)c2)c1F. The number of hydrogen-bond donors (Lipinski definition) is 2. The Morgan fingerprint density at radius 3 is 2.89 bits per heavy atom. The lowest BCUT2D eigenvalue weighted by Gasteiger charge is -2.09. The fourth-order valence-corrected chi connectivity index (χ4v) is 1.65. The maximum atomic E-state index is 13.9. The summed E-state index contributed by atoms with van der Waals surface area (Å²) in [6, 6.07) is 7.49. The number of nitrogens with two attached hydrogens (primary N) is 1. The van der Waals surface area contributed by atoms with Gasteiger partial charge in [0.15, 0.2) is 11.6 Å². The Kier molecular flexibility index (Phi) is 3.84. The van der Waals surface area contributed by atoms with Crippen molar-refractivity contribution in [1.29, 1.82) is 0 Å². The molecule has 0 fully saturated rings. The molecule has 1 aromatic heterocycles. The maximum absolute atomic E-state index is 13.9. The highest BCUT2D eigenvalue weighted by molar-refractivity contribution is 5.57. The van der Waals surface area contributed by atoms with Crippen LogP contribution in [0.25, 0.3) is 0 Å². The van der Waals surface area contributed by atoms with E-state index in [2.05, 4.69) is 15.3 Å². The molecular formula is C13H15FN4. The molecular weight excluding hydrogens is 231 g/mol. The second-order valence-corrected chi connectivity index (χ2v) is 3.87. The Balaban J connectivity index is 2.28. The highest BCUT2D eigenvalue weighted by Gasteiger charge is 2.09. The average Bonchev–Trinajstić information content (AvgIpc) is 2.41. The Bertz CT molecular complexity index is 542. The molecule has 1 heterocycles. The van der Waals surface area contributed by atoms with Gasteiger partial charge in [-0.1, -0.05) is 19.1 Å². The quantitative estimate of drug-likeness (QED) is 0.869. The second-order valence-electron chi connectivity index (χ2n) is 3.87. The van der Waals surface area contributed by atoms with Crippen molar-refractivity contribution in [1.82, 2.24) is 9.97 Å². The van der Waals surface area contributed by atoms with E-state index in [0.717, 1.165) is 11.3 Å². The van der Waals surface area contributed by atoms with Crippen molar-refractivity contribution in [3.8, 4) is 0 Å². The minimum Gasteiger partial charge on any atom is -0.338 e. The molecule has 0 spiro atoms. The summed E-state index contributed by atoms with van der Waals surface area (Å²) < 4.78 is 13.9. The molecule has 0 radical (unpaired) electrons. The molecule has 0 aliphatic rings. The fourth-order valence-electron chi connectivity index (χ4n) is 1.65. The van der Waals surface area contributed by atoms with E-state index in [9.17, 15) is 4.39 Å². The number of nitrogens with one attached hydrogen (secondary N) is 1. The van der Waals surface area contributed by atoms with Crippen LogP contribution in [0.5, 0.6) is 0 Å². The first-order valence-electron chi connectivity index (χ1n) is 5.80. The number of aromatic nitrogens is 2. The highest BCUT2D eigenvalue weighted by Crippen LogP contribution is 2.19. The summed E-state index contributed by atoms with van der Waals surface area (Å²) in [6.45, 7) is 2.30. The number of nitrogens with zero attached hydrogens (tertiary/aromatic N) is 2. The minimum absolute atomic E-state index is 0.191. The number of rotatable bonds is 4.